The Kier molecular flexibility index (Phi) is 7.64. The van der Waals surface area contributed by atoms with Crippen molar-refractivity contribution in [2.75, 3.05) is 34.4 Å². The zero-order valence-electron chi connectivity index (χ0n) is 17.5. The van der Waals surface area contributed by atoms with Crippen LogP contribution in [0, 0.1) is 13.8 Å². The first-order valence-electron chi connectivity index (χ1n) is 9.20. The number of aryl methyl sites for hydroxylation is 2. The molecule has 0 saturated carbocycles. The zero-order chi connectivity index (χ0) is 21.6. The van der Waals surface area contributed by atoms with Crippen LogP contribution in [-0.2, 0) is 21.2 Å². The van der Waals surface area contributed by atoms with Crippen LogP contribution in [0.25, 0.3) is 0 Å². The van der Waals surface area contributed by atoms with Gasteiger partial charge in [0, 0.05) is 13.6 Å². The van der Waals surface area contributed by atoms with E-state index in [2.05, 4.69) is 5.32 Å². The molecule has 2 rings (SSSR count). The lowest BCUT2D eigenvalue weighted by atomic mass is 10.1. The average molecular weight is 421 g/mol. The standard InChI is InChI=1S/C21H28N2O5S/c1-15-6-7-16(2)20(12-15)29(25,26)23(3)14-21(24)22-11-10-17-8-9-18(27-4)19(13-17)28-5/h6-9,12-13H,10-11,14H2,1-5H3,(H,22,24). The number of hydrogen-bond donors (Lipinski definition) is 1. The van der Waals surface area contributed by atoms with Crippen LogP contribution in [0.2, 0.25) is 0 Å². The summed E-state index contributed by atoms with van der Waals surface area (Å²) in [5.41, 5.74) is 2.47. The molecule has 0 unspecified atom stereocenters. The molecule has 8 heteroatoms. The summed E-state index contributed by atoms with van der Waals surface area (Å²) in [6.45, 7) is 3.70. The largest absolute Gasteiger partial charge is 0.493 e. The lowest BCUT2D eigenvalue weighted by Crippen LogP contribution is -2.39. The van der Waals surface area contributed by atoms with E-state index in [1.807, 2.05) is 25.1 Å². The Labute approximate surface area is 172 Å². The quantitative estimate of drug-likeness (QED) is 0.673. The summed E-state index contributed by atoms with van der Waals surface area (Å²) in [4.78, 5) is 12.5. The van der Waals surface area contributed by atoms with E-state index >= 15 is 0 Å². The fraction of sp³-hybridized carbons (Fsp3) is 0.381. The van der Waals surface area contributed by atoms with Crippen LogP contribution in [0.5, 0.6) is 11.5 Å². The fourth-order valence-electron chi connectivity index (χ4n) is 2.88. The molecule has 0 radical (unpaired) electrons. The van der Waals surface area contributed by atoms with E-state index in [1.165, 1.54) is 7.05 Å². The van der Waals surface area contributed by atoms with E-state index in [0.717, 1.165) is 15.4 Å². The minimum Gasteiger partial charge on any atom is -0.493 e. The number of carbonyl (C=O) groups excluding carboxylic acids is 1. The number of benzene rings is 2. The topological polar surface area (TPSA) is 84.9 Å². The third kappa shape index (κ3) is 5.71. The van der Waals surface area contributed by atoms with Crippen LogP contribution >= 0.6 is 0 Å². The first-order valence-corrected chi connectivity index (χ1v) is 10.6. The van der Waals surface area contributed by atoms with Gasteiger partial charge in [0.25, 0.3) is 0 Å². The summed E-state index contributed by atoms with van der Waals surface area (Å²) >= 11 is 0. The molecule has 29 heavy (non-hydrogen) atoms. The molecule has 2 aromatic carbocycles. The molecule has 0 fully saturated rings. The minimum atomic E-state index is -3.74. The number of amides is 1. The second kappa shape index (κ2) is 9.76. The SMILES string of the molecule is COc1ccc(CCNC(=O)CN(C)S(=O)(=O)c2cc(C)ccc2C)cc1OC. The highest BCUT2D eigenvalue weighted by atomic mass is 32.2. The third-order valence-corrected chi connectivity index (χ3v) is 6.53. The summed E-state index contributed by atoms with van der Waals surface area (Å²) in [6, 6.07) is 10.8. The lowest BCUT2D eigenvalue weighted by molar-refractivity contribution is -0.121. The number of ether oxygens (including phenoxy) is 2. The Morgan fingerprint density at radius 1 is 1.03 bits per heavy atom. The molecule has 0 saturated heterocycles. The second-order valence-corrected chi connectivity index (χ2v) is 8.83. The maximum atomic E-state index is 12.8. The van der Waals surface area contributed by atoms with Crippen molar-refractivity contribution in [3.63, 3.8) is 0 Å². The molecule has 0 aliphatic heterocycles. The van der Waals surface area contributed by atoms with Gasteiger partial charge in [0.15, 0.2) is 11.5 Å². The molecular formula is C21H28N2O5S. The Hall–Kier alpha value is -2.58. The summed E-state index contributed by atoms with van der Waals surface area (Å²) in [6.07, 6.45) is 0.583. The summed E-state index contributed by atoms with van der Waals surface area (Å²) in [5, 5.41) is 2.76. The molecule has 1 N–H and O–H groups in total. The van der Waals surface area contributed by atoms with Crippen molar-refractivity contribution in [2.24, 2.45) is 0 Å². The zero-order valence-corrected chi connectivity index (χ0v) is 18.3. The number of carbonyl (C=O) groups is 1. The number of sulfonamides is 1. The third-order valence-electron chi connectivity index (χ3n) is 4.58. The highest BCUT2D eigenvalue weighted by molar-refractivity contribution is 7.89. The molecule has 0 spiro atoms. The van der Waals surface area contributed by atoms with Crippen molar-refractivity contribution >= 4 is 15.9 Å². The normalized spacial score (nSPS) is 11.4. The number of hydrogen-bond acceptors (Lipinski definition) is 5. The Balaban J connectivity index is 1.94. The van der Waals surface area contributed by atoms with Crippen molar-refractivity contribution in [3.8, 4) is 11.5 Å². The van der Waals surface area contributed by atoms with E-state index in [4.69, 9.17) is 9.47 Å². The van der Waals surface area contributed by atoms with Crippen molar-refractivity contribution < 1.29 is 22.7 Å². The van der Waals surface area contributed by atoms with E-state index in [-0.39, 0.29) is 17.3 Å². The monoisotopic (exact) mass is 420 g/mol. The van der Waals surface area contributed by atoms with Crippen molar-refractivity contribution in [2.45, 2.75) is 25.2 Å². The first kappa shape index (κ1) is 22.7. The highest BCUT2D eigenvalue weighted by Crippen LogP contribution is 2.27. The Morgan fingerprint density at radius 3 is 2.38 bits per heavy atom. The first-order chi connectivity index (χ1) is 13.7. The molecule has 158 valence electrons. The molecule has 0 atom stereocenters. The Bertz CT molecular complexity index is 973. The van der Waals surface area contributed by atoms with Gasteiger partial charge in [-0.15, -0.1) is 0 Å². The summed E-state index contributed by atoms with van der Waals surface area (Å²) in [7, 11) is 0.804. The van der Waals surface area contributed by atoms with Gasteiger partial charge >= 0.3 is 0 Å². The van der Waals surface area contributed by atoms with Gasteiger partial charge in [0.2, 0.25) is 15.9 Å². The van der Waals surface area contributed by atoms with Crippen LogP contribution in [0.15, 0.2) is 41.3 Å². The van der Waals surface area contributed by atoms with E-state index in [9.17, 15) is 13.2 Å². The van der Waals surface area contributed by atoms with E-state index < -0.39 is 10.0 Å². The number of nitrogens with one attached hydrogen (secondary N) is 1. The number of rotatable bonds is 9. The van der Waals surface area contributed by atoms with Crippen molar-refractivity contribution in [3.05, 3.63) is 53.1 Å². The summed E-state index contributed by atoms with van der Waals surface area (Å²) < 4.78 is 37.1. The van der Waals surface area contributed by atoms with Crippen LogP contribution in [0.1, 0.15) is 16.7 Å². The predicted molar refractivity (Wildman–Crippen MR) is 112 cm³/mol. The van der Waals surface area contributed by atoms with Crippen LogP contribution in [-0.4, -0.2) is 53.0 Å². The van der Waals surface area contributed by atoms with Crippen LogP contribution < -0.4 is 14.8 Å². The molecular weight excluding hydrogens is 392 g/mol. The minimum absolute atomic E-state index is 0.220. The average Bonchev–Trinajstić information content (AvgIpc) is 2.69. The molecule has 7 nitrogen and oxygen atoms in total. The summed E-state index contributed by atoms with van der Waals surface area (Å²) in [5.74, 6) is 0.899. The number of methoxy groups -OCH3 is 2. The van der Waals surface area contributed by atoms with Gasteiger partial charge in [0.05, 0.1) is 25.7 Å². The maximum Gasteiger partial charge on any atom is 0.243 e. The van der Waals surface area contributed by atoms with Gasteiger partial charge in [-0.05, 0) is 55.2 Å². The van der Waals surface area contributed by atoms with Crippen LogP contribution in [0.3, 0.4) is 0 Å². The van der Waals surface area contributed by atoms with Gasteiger partial charge in [-0.2, -0.15) is 4.31 Å². The van der Waals surface area contributed by atoms with Gasteiger partial charge < -0.3 is 14.8 Å². The van der Waals surface area contributed by atoms with Gasteiger partial charge in [-0.25, -0.2) is 8.42 Å². The lowest BCUT2D eigenvalue weighted by Gasteiger charge is -2.18. The number of likely N-dealkylation sites (N-methyl/N-ethyl adjacent to an activating group) is 1. The van der Waals surface area contributed by atoms with Gasteiger partial charge in [-0.1, -0.05) is 18.2 Å². The van der Waals surface area contributed by atoms with Crippen molar-refractivity contribution in [1.29, 1.82) is 0 Å². The molecule has 0 heterocycles. The van der Waals surface area contributed by atoms with Gasteiger partial charge in [0.1, 0.15) is 0 Å². The Morgan fingerprint density at radius 2 is 1.72 bits per heavy atom. The second-order valence-electron chi connectivity index (χ2n) is 6.82. The van der Waals surface area contributed by atoms with E-state index in [1.54, 1.807) is 39.3 Å². The molecule has 0 aromatic heterocycles. The van der Waals surface area contributed by atoms with Crippen LogP contribution in [0.4, 0.5) is 0 Å². The smallest absolute Gasteiger partial charge is 0.243 e. The number of nitrogens with zero attached hydrogens (tertiary/aromatic N) is 1. The fourth-order valence-corrected chi connectivity index (χ4v) is 4.31. The van der Waals surface area contributed by atoms with E-state index in [0.29, 0.717) is 30.0 Å². The maximum absolute atomic E-state index is 12.8. The molecule has 0 bridgehead atoms. The molecule has 1 amide bonds. The molecule has 2 aromatic rings. The molecule has 0 aliphatic carbocycles. The predicted octanol–water partition coefficient (Wildman–Crippen LogP) is 2.30. The van der Waals surface area contributed by atoms with Gasteiger partial charge in [-0.3, -0.25) is 4.79 Å². The van der Waals surface area contributed by atoms with Crippen molar-refractivity contribution in [1.82, 2.24) is 9.62 Å². The highest BCUT2D eigenvalue weighted by Gasteiger charge is 2.24. The molecule has 0 aliphatic rings.